The van der Waals surface area contributed by atoms with Crippen LogP contribution >= 0.6 is 0 Å². The van der Waals surface area contributed by atoms with E-state index in [9.17, 15) is 4.39 Å². The van der Waals surface area contributed by atoms with E-state index in [1.165, 1.54) is 5.56 Å². The van der Waals surface area contributed by atoms with E-state index in [1.807, 2.05) is 18.2 Å². The van der Waals surface area contributed by atoms with Crippen LogP contribution in [0.3, 0.4) is 0 Å². The molecule has 2 bridgehead atoms. The highest BCUT2D eigenvalue weighted by Crippen LogP contribution is 2.41. The number of fused-ring (bicyclic) bond motifs is 5. The van der Waals surface area contributed by atoms with Gasteiger partial charge in [0, 0.05) is 49.1 Å². The minimum Gasteiger partial charge on any atom is -0.461 e. The number of aromatic nitrogens is 2. The molecule has 0 spiro atoms. The van der Waals surface area contributed by atoms with Crippen LogP contribution in [0, 0.1) is 5.82 Å². The van der Waals surface area contributed by atoms with Crippen molar-refractivity contribution in [2.24, 2.45) is 0 Å². The largest absolute Gasteiger partial charge is 0.461 e. The van der Waals surface area contributed by atoms with Crippen LogP contribution in [-0.4, -0.2) is 71.4 Å². The molecule has 1 aromatic heterocycles. The Bertz CT molecular complexity index is 1660. The zero-order valence-electron chi connectivity index (χ0n) is 24.1. The maximum Gasteiger partial charge on any atom is 0.319 e. The number of anilines is 1. The fourth-order valence-electron chi connectivity index (χ4n) is 8.18. The summed E-state index contributed by atoms with van der Waals surface area (Å²) in [6.45, 7) is 5.51. The summed E-state index contributed by atoms with van der Waals surface area (Å²) in [4.78, 5) is 14.3. The van der Waals surface area contributed by atoms with Gasteiger partial charge in [-0.2, -0.15) is 9.97 Å². The summed E-state index contributed by atoms with van der Waals surface area (Å²) in [7, 11) is 0. The number of aryl methyl sites for hydroxylation is 1. The van der Waals surface area contributed by atoms with E-state index in [1.54, 1.807) is 6.07 Å². The van der Waals surface area contributed by atoms with Crippen molar-refractivity contribution in [3.05, 3.63) is 59.9 Å². The molecule has 5 heterocycles. The van der Waals surface area contributed by atoms with Crippen molar-refractivity contribution < 1.29 is 13.5 Å². The first-order valence-corrected chi connectivity index (χ1v) is 15.5. The van der Waals surface area contributed by atoms with Crippen LogP contribution in [0.4, 0.5) is 14.6 Å². The predicted octanol–water partition coefficient (Wildman–Crippen LogP) is 6.05. The van der Waals surface area contributed by atoms with Crippen molar-refractivity contribution in [2.45, 2.75) is 69.2 Å². The molecule has 0 amide bonds. The maximum absolute atomic E-state index is 16.2. The molecule has 4 saturated heterocycles. The maximum atomic E-state index is 16.2. The standard InChI is InChI=1S/C34H37F2N5O/c1-2-21-6-3-7-22-8-4-9-26(31(21)22)27-15-30-28(14-29(27)36)32(40-18-24-10-11-25(19-40)37-24)39-33(38-30)42-20-34-12-5-13-41(34)17-23(35)16-34/h3-4,6-9,14-15,23-25,37H,2,5,10-13,16-20H2,1H3/t23-,24-,25+,34+/m1/s1. The average molecular weight is 570 g/mol. The highest BCUT2D eigenvalue weighted by molar-refractivity contribution is 6.02. The van der Waals surface area contributed by atoms with E-state index in [0.717, 1.165) is 73.9 Å². The number of hydrogen-bond acceptors (Lipinski definition) is 6. The van der Waals surface area contributed by atoms with Crippen molar-refractivity contribution in [1.29, 1.82) is 0 Å². The molecule has 4 aliphatic heterocycles. The van der Waals surface area contributed by atoms with E-state index in [-0.39, 0.29) is 17.4 Å². The number of nitrogens with one attached hydrogen (secondary N) is 1. The second-order valence-corrected chi connectivity index (χ2v) is 12.8. The molecule has 218 valence electrons. The summed E-state index contributed by atoms with van der Waals surface area (Å²) < 4.78 is 37.0. The fraction of sp³-hybridized carbons (Fsp3) is 0.471. The molecule has 6 nitrogen and oxygen atoms in total. The minimum absolute atomic E-state index is 0.280. The monoisotopic (exact) mass is 569 g/mol. The van der Waals surface area contributed by atoms with Gasteiger partial charge >= 0.3 is 6.01 Å². The Morgan fingerprint density at radius 1 is 1.02 bits per heavy atom. The third kappa shape index (κ3) is 4.33. The molecule has 0 saturated carbocycles. The molecule has 0 radical (unpaired) electrons. The van der Waals surface area contributed by atoms with Gasteiger partial charge in [-0.3, -0.25) is 4.90 Å². The Labute approximate surface area is 245 Å². The summed E-state index contributed by atoms with van der Waals surface area (Å²) in [5.41, 5.74) is 2.96. The van der Waals surface area contributed by atoms with Gasteiger partial charge in [0.2, 0.25) is 0 Å². The van der Waals surface area contributed by atoms with E-state index >= 15 is 4.39 Å². The molecule has 0 unspecified atom stereocenters. The Balaban J connectivity index is 1.24. The number of halogens is 2. The lowest BCUT2D eigenvalue weighted by Crippen LogP contribution is -2.51. The molecule has 4 aromatic rings. The summed E-state index contributed by atoms with van der Waals surface area (Å²) in [5.74, 6) is 0.444. The first-order valence-electron chi connectivity index (χ1n) is 15.5. The van der Waals surface area contributed by atoms with Crippen molar-refractivity contribution in [3.63, 3.8) is 0 Å². The van der Waals surface area contributed by atoms with Crippen LogP contribution in [0.1, 0.15) is 44.6 Å². The van der Waals surface area contributed by atoms with Gasteiger partial charge in [0.15, 0.2) is 0 Å². The molecular weight excluding hydrogens is 532 g/mol. The van der Waals surface area contributed by atoms with E-state index in [0.29, 0.717) is 48.1 Å². The first kappa shape index (κ1) is 26.3. The molecule has 4 aliphatic rings. The normalized spacial score (nSPS) is 27.3. The van der Waals surface area contributed by atoms with Gasteiger partial charge < -0.3 is 15.0 Å². The van der Waals surface area contributed by atoms with Crippen LogP contribution in [0.25, 0.3) is 32.8 Å². The summed E-state index contributed by atoms with van der Waals surface area (Å²) in [6, 6.07) is 16.9. The Kier molecular flexibility index (Phi) is 6.34. The molecule has 8 heteroatoms. The van der Waals surface area contributed by atoms with E-state index in [4.69, 9.17) is 14.7 Å². The van der Waals surface area contributed by atoms with Crippen molar-refractivity contribution in [1.82, 2.24) is 20.2 Å². The van der Waals surface area contributed by atoms with Gasteiger partial charge in [-0.1, -0.05) is 43.3 Å². The van der Waals surface area contributed by atoms with Crippen LogP contribution < -0.4 is 15.0 Å². The Hall–Kier alpha value is -3.36. The SMILES string of the molecule is CCc1cccc2cccc(-c3cc4nc(OC[C@@]56CCCN5C[C@H](F)C6)nc(N5C[C@H]6CC[C@@H](C5)N6)c4cc3F)c12. The summed E-state index contributed by atoms with van der Waals surface area (Å²) in [5, 5.41) is 6.55. The highest BCUT2D eigenvalue weighted by Gasteiger charge is 2.49. The lowest BCUT2D eigenvalue weighted by Gasteiger charge is -2.34. The van der Waals surface area contributed by atoms with Gasteiger partial charge in [-0.05, 0) is 72.7 Å². The summed E-state index contributed by atoms with van der Waals surface area (Å²) >= 11 is 0. The highest BCUT2D eigenvalue weighted by atomic mass is 19.1. The predicted molar refractivity (Wildman–Crippen MR) is 163 cm³/mol. The van der Waals surface area contributed by atoms with Gasteiger partial charge in [0.25, 0.3) is 0 Å². The van der Waals surface area contributed by atoms with Crippen molar-refractivity contribution >= 4 is 27.5 Å². The van der Waals surface area contributed by atoms with Gasteiger partial charge in [-0.25, -0.2) is 8.78 Å². The first-order chi connectivity index (χ1) is 20.5. The number of alkyl halides is 1. The molecule has 4 atom stereocenters. The molecule has 4 fully saturated rings. The fourth-order valence-corrected chi connectivity index (χ4v) is 8.18. The second-order valence-electron chi connectivity index (χ2n) is 12.8. The van der Waals surface area contributed by atoms with E-state index < -0.39 is 6.17 Å². The van der Waals surface area contributed by atoms with E-state index in [2.05, 4.69) is 46.3 Å². The number of piperazine rings is 1. The smallest absolute Gasteiger partial charge is 0.319 e. The number of nitrogens with zero attached hydrogens (tertiary/aromatic N) is 4. The molecule has 1 N–H and O–H groups in total. The number of ether oxygens (including phenoxy) is 1. The number of hydrogen-bond donors (Lipinski definition) is 1. The Morgan fingerprint density at radius 3 is 2.64 bits per heavy atom. The lowest BCUT2D eigenvalue weighted by atomic mass is 9.93. The third-order valence-electron chi connectivity index (χ3n) is 10.2. The van der Waals surface area contributed by atoms with Crippen LogP contribution in [0.15, 0.2) is 48.5 Å². The topological polar surface area (TPSA) is 53.5 Å². The molecule has 42 heavy (non-hydrogen) atoms. The second kappa shape index (κ2) is 10.1. The number of benzene rings is 3. The lowest BCUT2D eigenvalue weighted by molar-refractivity contribution is 0.107. The van der Waals surface area contributed by atoms with Crippen molar-refractivity contribution in [3.8, 4) is 17.1 Å². The van der Waals surface area contributed by atoms with Crippen LogP contribution in [0.2, 0.25) is 0 Å². The van der Waals surface area contributed by atoms with Gasteiger partial charge in [0.05, 0.1) is 11.1 Å². The van der Waals surface area contributed by atoms with Gasteiger partial charge in [0.1, 0.15) is 24.4 Å². The number of rotatable bonds is 6. The summed E-state index contributed by atoms with van der Waals surface area (Å²) in [6.07, 6.45) is 4.77. The zero-order chi connectivity index (χ0) is 28.4. The Morgan fingerprint density at radius 2 is 1.83 bits per heavy atom. The van der Waals surface area contributed by atoms with Crippen molar-refractivity contribution in [2.75, 3.05) is 37.7 Å². The van der Waals surface area contributed by atoms with Crippen LogP contribution in [0.5, 0.6) is 6.01 Å². The third-order valence-corrected chi connectivity index (χ3v) is 10.2. The zero-order valence-corrected chi connectivity index (χ0v) is 24.1. The molecule has 3 aromatic carbocycles. The minimum atomic E-state index is -0.822. The quantitative estimate of drug-likeness (QED) is 0.305. The molecular formula is C34H37F2N5O. The van der Waals surface area contributed by atoms with Gasteiger partial charge in [-0.15, -0.1) is 0 Å². The molecule has 8 rings (SSSR count). The molecule has 0 aliphatic carbocycles. The van der Waals surface area contributed by atoms with Crippen LogP contribution in [-0.2, 0) is 6.42 Å². The average Bonchev–Trinajstić information content (AvgIpc) is 3.65.